The molecule has 0 unspecified atom stereocenters. The molecule has 30 heavy (non-hydrogen) atoms. The Labute approximate surface area is 182 Å². The SMILES string of the molecule is CCc1ccccc1NC(=O)CSc1nnc(-c2ccc(OC)cc2)n1CC(C)C. The number of nitrogens with zero attached hydrogens (tertiary/aromatic N) is 3. The Morgan fingerprint density at radius 3 is 2.53 bits per heavy atom. The molecule has 158 valence electrons. The predicted molar refractivity (Wildman–Crippen MR) is 122 cm³/mol. The van der Waals surface area contributed by atoms with Crippen LogP contribution in [-0.2, 0) is 17.8 Å². The lowest BCUT2D eigenvalue weighted by molar-refractivity contribution is -0.113. The Morgan fingerprint density at radius 2 is 1.87 bits per heavy atom. The largest absolute Gasteiger partial charge is 0.497 e. The number of hydrogen-bond donors (Lipinski definition) is 1. The predicted octanol–water partition coefficient (Wildman–Crippen LogP) is 4.90. The molecule has 0 atom stereocenters. The molecule has 0 aliphatic heterocycles. The number of thioether (sulfide) groups is 1. The minimum atomic E-state index is -0.0500. The maximum atomic E-state index is 12.5. The van der Waals surface area contributed by atoms with Crippen LogP contribution in [-0.4, -0.2) is 33.5 Å². The lowest BCUT2D eigenvalue weighted by Crippen LogP contribution is -2.16. The van der Waals surface area contributed by atoms with Crippen LogP contribution in [0.2, 0.25) is 0 Å². The molecule has 0 radical (unpaired) electrons. The highest BCUT2D eigenvalue weighted by Gasteiger charge is 2.17. The molecule has 0 spiro atoms. The van der Waals surface area contributed by atoms with Crippen LogP contribution in [0.15, 0.2) is 53.7 Å². The third-order valence-corrected chi connectivity index (χ3v) is 5.58. The van der Waals surface area contributed by atoms with Crippen molar-refractivity contribution in [3.05, 3.63) is 54.1 Å². The molecule has 7 heteroatoms. The monoisotopic (exact) mass is 424 g/mol. The lowest BCUT2D eigenvalue weighted by atomic mass is 10.1. The number of nitrogens with one attached hydrogen (secondary N) is 1. The van der Waals surface area contributed by atoms with Gasteiger partial charge in [0.15, 0.2) is 11.0 Å². The standard InChI is InChI=1S/C23H28N4O2S/c1-5-17-8-6-7-9-20(17)24-21(28)15-30-23-26-25-22(27(23)14-16(2)3)18-10-12-19(29-4)13-11-18/h6-13,16H,5,14-15H2,1-4H3,(H,24,28). The Bertz CT molecular complexity index is 983. The summed E-state index contributed by atoms with van der Waals surface area (Å²) in [4.78, 5) is 12.5. The van der Waals surface area contributed by atoms with Crippen LogP contribution in [0.5, 0.6) is 5.75 Å². The molecule has 6 nitrogen and oxygen atoms in total. The second-order valence-electron chi connectivity index (χ2n) is 7.39. The summed E-state index contributed by atoms with van der Waals surface area (Å²) < 4.78 is 7.33. The molecule has 0 fully saturated rings. The van der Waals surface area contributed by atoms with Crippen molar-refractivity contribution in [2.45, 2.75) is 38.9 Å². The number of carbonyl (C=O) groups is 1. The Morgan fingerprint density at radius 1 is 1.13 bits per heavy atom. The van der Waals surface area contributed by atoms with Crippen molar-refractivity contribution < 1.29 is 9.53 Å². The minimum absolute atomic E-state index is 0.0500. The second-order valence-corrected chi connectivity index (χ2v) is 8.33. The highest BCUT2D eigenvalue weighted by Crippen LogP contribution is 2.27. The molecule has 0 saturated heterocycles. The number of para-hydroxylation sites is 1. The normalized spacial score (nSPS) is 11.0. The molecular formula is C23H28N4O2S. The third-order valence-electron chi connectivity index (χ3n) is 4.62. The van der Waals surface area contributed by atoms with Crippen molar-refractivity contribution in [3.63, 3.8) is 0 Å². The second kappa shape index (κ2) is 10.3. The van der Waals surface area contributed by atoms with Crippen LogP contribution in [0.1, 0.15) is 26.3 Å². The van der Waals surface area contributed by atoms with Gasteiger partial charge in [0.1, 0.15) is 5.75 Å². The molecule has 1 heterocycles. The van der Waals surface area contributed by atoms with Crippen LogP contribution in [0.4, 0.5) is 5.69 Å². The van der Waals surface area contributed by atoms with Crippen molar-refractivity contribution in [1.29, 1.82) is 0 Å². The number of rotatable bonds is 9. The molecule has 1 aromatic heterocycles. The first-order chi connectivity index (χ1) is 14.5. The van der Waals surface area contributed by atoms with Gasteiger partial charge < -0.3 is 14.6 Å². The van der Waals surface area contributed by atoms with E-state index in [-0.39, 0.29) is 11.7 Å². The number of amides is 1. The molecule has 2 aromatic carbocycles. The van der Waals surface area contributed by atoms with Crippen molar-refractivity contribution in [1.82, 2.24) is 14.8 Å². The van der Waals surface area contributed by atoms with Gasteiger partial charge in [0.05, 0.1) is 12.9 Å². The highest BCUT2D eigenvalue weighted by molar-refractivity contribution is 7.99. The van der Waals surface area contributed by atoms with Crippen molar-refractivity contribution in [3.8, 4) is 17.1 Å². The van der Waals surface area contributed by atoms with Crippen molar-refractivity contribution >= 4 is 23.4 Å². The van der Waals surface area contributed by atoms with Crippen LogP contribution >= 0.6 is 11.8 Å². The number of ether oxygens (including phenoxy) is 1. The van der Waals surface area contributed by atoms with E-state index in [9.17, 15) is 4.79 Å². The van der Waals surface area contributed by atoms with Crippen LogP contribution < -0.4 is 10.1 Å². The zero-order chi connectivity index (χ0) is 21.5. The van der Waals surface area contributed by atoms with Crippen molar-refractivity contribution in [2.24, 2.45) is 5.92 Å². The number of hydrogen-bond acceptors (Lipinski definition) is 5. The van der Waals surface area contributed by atoms with Gasteiger partial charge in [-0.05, 0) is 48.2 Å². The average molecular weight is 425 g/mol. The van der Waals surface area contributed by atoms with E-state index >= 15 is 0 Å². The number of methoxy groups -OCH3 is 1. The Kier molecular flexibility index (Phi) is 7.52. The van der Waals surface area contributed by atoms with Crippen LogP contribution in [0, 0.1) is 5.92 Å². The zero-order valence-electron chi connectivity index (χ0n) is 17.9. The quantitative estimate of drug-likeness (QED) is 0.495. The molecule has 3 rings (SSSR count). The summed E-state index contributed by atoms with van der Waals surface area (Å²) in [6.45, 7) is 7.16. The molecule has 0 aliphatic carbocycles. The first-order valence-electron chi connectivity index (χ1n) is 10.1. The summed E-state index contributed by atoms with van der Waals surface area (Å²) in [5, 5.41) is 12.5. The maximum Gasteiger partial charge on any atom is 0.234 e. The van der Waals surface area contributed by atoms with E-state index in [0.29, 0.717) is 5.92 Å². The van der Waals surface area contributed by atoms with E-state index in [0.717, 1.165) is 46.5 Å². The Balaban J connectivity index is 1.75. The smallest absolute Gasteiger partial charge is 0.234 e. The van der Waals surface area contributed by atoms with E-state index in [1.807, 2.05) is 48.5 Å². The summed E-state index contributed by atoms with van der Waals surface area (Å²) in [6, 6.07) is 15.7. The summed E-state index contributed by atoms with van der Waals surface area (Å²) >= 11 is 1.41. The lowest BCUT2D eigenvalue weighted by Gasteiger charge is -2.13. The van der Waals surface area contributed by atoms with E-state index in [1.54, 1.807) is 7.11 Å². The fraction of sp³-hybridized carbons (Fsp3) is 0.348. The van der Waals surface area contributed by atoms with E-state index in [2.05, 4.69) is 40.9 Å². The molecule has 0 aliphatic rings. The zero-order valence-corrected chi connectivity index (χ0v) is 18.7. The van der Waals surface area contributed by atoms with Gasteiger partial charge in [0, 0.05) is 17.8 Å². The molecule has 1 amide bonds. The fourth-order valence-electron chi connectivity index (χ4n) is 3.15. The number of aryl methyl sites for hydroxylation is 1. The summed E-state index contributed by atoms with van der Waals surface area (Å²) in [7, 11) is 1.65. The highest BCUT2D eigenvalue weighted by atomic mass is 32.2. The summed E-state index contributed by atoms with van der Waals surface area (Å²) in [5.74, 6) is 2.24. The average Bonchev–Trinajstić information content (AvgIpc) is 3.14. The Hall–Kier alpha value is -2.80. The number of anilines is 1. The van der Waals surface area contributed by atoms with E-state index in [1.165, 1.54) is 11.8 Å². The van der Waals surface area contributed by atoms with Crippen LogP contribution in [0.3, 0.4) is 0 Å². The van der Waals surface area contributed by atoms with E-state index < -0.39 is 0 Å². The summed E-state index contributed by atoms with van der Waals surface area (Å²) in [6.07, 6.45) is 0.873. The van der Waals surface area contributed by atoms with Gasteiger partial charge in [-0.3, -0.25) is 4.79 Å². The molecule has 0 saturated carbocycles. The van der Waals surface area contributed by atoms with Crippen molar-refractivity contribution in [2.75, 3.05) is 18.2 Å². The van der Waals surface area contributed by atoms with Gasteiger partial charge in [-0.2, -0.15) is 0 Å². The molecular weight excluding hydrogens is 396 g/mol. The van der Waals surface area contributed by atoms with E-state index in [4.69, 9.17) is 4.74 Å². The number of aromatic nitrogens is 3. The van der Waals surface area contributed by atoms with Gasteiger partial charge in [-0.15, -0.1) is 10.2 Å². The maximum absolute atomic E-state index is 12.5. The van der Waals surface area contributed by atoms with Gasteiger partial charge in [0.25, 0.3) is 0 Å². The summed E-state index contributed by atoms with van der Waals surface area (Å²) in [5.41, 5.74) is 2.96. The third kappa shape index (κ3) is 5.42. The minimum Gasteiger partial charge on any atom is -0.497 e. The number of carbonyl (C=O) groups excluding carboxylic acids is 1. The first-order valence-corrected chi connectivity index (χ1v) is 11.1. The van der Waals surface area contributed by atoms with Gasteiger partial charge in [-0.1, -0.05) is 50.7 Å². The molecule has 0 bridgehead atoms. The molecule has 3 aromatic rings. The number of benzene rings is 2. The first kappa shape index (κ1) is 21.9. The van der Waals surface area contributed by atoms with Gasteiger partial charge >= 0.3 is 0 Å². The topological polar surface area (TPSA) is 69.0 Å². The fourth-order valence-corrected chi connectivity index (χ4v) is 3.89. The van der Waals surface area contributed by atoms with Gasteiger partial charge in [0.2, 0.25) is 5.91 Å². The van der Waals surface area contributed by atoms with Crippen LogP contribution in [0.25, 0.3) is 11.4 Å². The van der Waals surface area contributed by atoms with Gasteiger partial charge in [-0.25, -0.2) is 0 Å². The molecule has 1 N–H and O–H groups in total.